The van der Waals surface area contributed by atoms with Crippen LogP contribution in [0.1, 0.15) is 44.1 Å². The van der Waals surface area contributed by atoms with Crippen LogP contribution in [0.25, 0.3) is 0 Å². The molecule has 1 aliphatic rings. The van der Waals surface area contributed by atoms with Gasteiger partial charge in [0.1, 0.15) is 5.69 Å². The highest BCUT2D eigenvalue weighted by atomic mass is 16.5. The first-order valence-corrected chi connectivity index (χ1v) is 8.49. The van der Waals surface area contributed by atoms with Gasteiger partial charge in [0.05, 0.1) is 18.4 Å². The highest BCUT2D eigenvalue weighted by Gasteiger charge is 2.26. The van der Waals surface area contributed by atoms with Gasteiger partial charge < -0.3 is 14.5 Å². The van der Waals surface area contributed by atoms with E-state index in [1.807, 2.05) is 25.7 Å². The molecule has 2 heterocycles. The molecular formula is C17H26N4O3. The van der Waals surface area contributed by atoms with E-state index in [0.717, 1.165) is 6.42 Å². The number of carbonyl (C=O) groups excluding carboxylic acids is 2. The fourth-order valence-corrected chi connectivity index (χ4v) is 2.93. The van der Waals surface area contributed by atoms with E-state index in [4.69, 9.17) is 4.74 Å². The maximum atomic E-state index is 12.5. The van der Waals surface area contributed by atoms with Gasteiger partial charge in [-0.25, -0.2) is 4.98 Å². The maximum Gasteiger partial charge on any atom is 0.274 e. The molecule has 0 N–H and O–H groups in total. The van der Waals surface area contributed by atoms with Crippen LogP contribution in [0.15, 0.2) is 18.6 Å². The van der Waals surface area contributed by atoms with Crippen molar-refractivity contribution in [2.75, 3.05) is 26.2 Å². The molecule has 1 aliphatic heterocycles. The molecule has 2 atom stereocenters. The van der Waals surface area contributed by atoms with E-state index in [1.165, 1.54) is 18.6 Å². The van der Waals surface area contributed by atoms with Crippen molar-refractivity contribution in [2.24, 2.45) is 0 Å². The van der Waals surface area contributed by atoms with Crippen LogP contribution in [0.5, 0.6) is 0 Å². The Hall–Kier alpha value is -2.02. The molecule has 2 amide bonds. The third-order valence-corrected chi connectivity index (χ3v) is 3.93. The smallest absolute Gasteiger partial charge is 0.274 e. The third kappa shape index (κ3) is 4.99. The van der Waals surface area contributed by atoms with Crippen molar-refractivity contribution in [3.05, 3.63) is 24.3 Å². The van der Waals surface area contributed by atoms with Gasteiger partial charge in [-0.1, -0.05) is 6.92 Å². The monoisotopic (exact) mass is 334 g/mol. The van der Waals surface area contributed by atoms with Crippen LogP contribution < -0.4 is 0 Å². The van der Waals surface area contributed by atoms with Crippen LogP contribution >= 0.6 is 0 Å². The van der Waals surface area contributed by atoms with E-state index in [1.54, 1.807) is 4.90 Å². The molecule has 1 aromatic heterocycles. The summed E-state index contributed by atoms with van der Waals surface area (Å²) < 4.78 is 5.65. The van der Waals surface area contributed by atoms with E-state index >= 15 is 0 Å². The molecule has 0 saturated carbocycles. The number of morpholine rings is 1. The number of rotatable bonds is 6. The number of ether oxygens (including phenoxy) is 1. The minimum atomic E-state index is -0.179. The summed E-state index contributed by atoms with van der Waals surface area (Å²) in [6.07, 6.45) is 5.72. The molecule has 0 spiro atoms. The summed E-state index contributed by atoms with van der Waals surface area (Å²) in [5.41, 5.74) is 0.312. The average Bonchev–Trinajstić information content (AvgIpc) is 2.57. The topological polar surface area (TPSA) is 75.6 Å². The highest BCUT2D eigenvalue weighted by Crippen LogP contribution is 2.12. The molecule has 2 unspecified atom stereocenters. The predicted octanol–water partition coefficient (Wildman–Crippen LogP) is 1.35. The summed E-state index contributed by atoms with van der Waals surface area (Å²) in [6.45, 7) is 8.14. The van der Waals surface area contributed by atoms with Crippen molar-refractivity contribution in [1.29, 1.82) is 0 Å². The molecule has 0 bridgehead atoms. The lowest BCUT2D eigenvalue weighted by Gasteiger charge is -2.35. The van der Waals surface area contributed by atoms with Crippen molar-refractivity contribution in [3.8, 4) is 0 Å². The average molecular weight is 334 g/mol. The fourth-order valence-electron chi connectivity index (χ4n) is 2.93. The first-order valence-electron chi connectivity index (χ1n) is 8.49. The summed E-state index contributed by atoms with van der Waals surface area (Å²) in [7, 11) is 0. The lowest BCUT2D eigenvalue weighted by molar-refractivity contribution is -0.143. The number of carbonyl (C=O) groups is 2. The Labute approximate surface area is 143 Å². The van der Waals surface area contributed by atoms with Crippen molar-refractivity contribution in [1.82, 2.24) is 19.8 Å². The Kier molecular flexibility index (Phi) is 6.66. The molecule has 2 rings (SSSR count). The molecule has 1 fully saturated rings. The van der Waals surface area contributed by atoms with Gasteiger partial charge in [-0.2, -0.15) is 0 Å². The zero-order valence-corrected chi connectivity index (χ0v) is 14.6. The number of aromatic nitrogens is 2. The summed E-state index contributed by atoms with van der Waals surface area (Å²) in [4.78, 5) is 36.5. The lowest BCUT2D eigenvalue weighted by Crippen LogP contribution is -2.49. The van der Waals surface area contributed by atoms with Gasteiger partial charge in [0.15, 0.2) is 0 Å². The first kappa shape index (κ1) is 18.3. The number of hydrogen-bond acceptors (Lipinski definition) is 5. The van der Waals surface area contributed by atoms with E-state index in [-0.39, 0.29) is 24.0 Å². The van der Waals surface area contributed by atoms with Crippen molar-refractivity contribution < 1.29 is 14.3 Å². The summed E-state index contributed by atoms with van der Waals surface area (Å²) in [5, 5.41) is 0. The number of amides is 2. The van der Waals surface area contributed by atoms with Crippen molar-refractivity contribution >= 4 is 11.8 Å². The molecule has 7 heteroatoms. The number of hydrogen-bond donors (Lipinski definition) is 0. The standard InChI is InChI=1S/C17H26N4O3/c1-4-8-20(17(23)15-10-18-6-7-19-15)9-5-16(22)21-11-13(2)24-14(3)12-21/h6-7,10,13-14H,4-5,8-9,11-12H2,1-3H3. The van der Waals surface area contributed by atoms with Gasteiger partial charge in [-0.05, 0) is 20.3 Å². The molecule has 7 nitrogen and oxygen atoms in total. The van der Waals surface area contributed by atoms with Crippen molar-refractivity contribution in [2.45, 2.75) is 45.8 Å². The minimum absolute atomic E-state index is 0.0469. The van der Waals surface area contributed by atoms with Gasteiger partial charge in [0.25, 0.3) is 5.91 Å². The predicted molar refractivity (Wildman–Crippen MR) is 89.4 cm³/mol. The molecule has 0 radical (unpaired) electrons. The SMILES string of the molecule is CCCN(CCC(=O)N1CC(C)OC(C)C1)C(=O)c1cnccn1. The largest absolute Gasteiger partial charge is 0.372 e. The Morgan fingerprint density at radius 3 is 2.54 bits per heavy atom. The van der Waals surface area contributed by atoms with E-state index in [0.29, 0.717) is 38.3 Å². The first-order chi connectivity index (χ1) is 11.5. The van der Waals surface area contributed by atoms with Gasteiger partial charge in [0.2, 0.25) is 5.91 Å². The molecule has 24 heavy (non-hydrogen) atoms. The summed E-state index contributed by atoms with van der Waals surface area (Å²) >= 11 is 0. The van der Waals surface area contributed by atoms with Crippen LogP contribution in [-0.2, 0) is 9.53 Å². The van der Waals surface area contributed by atoms with Crippen LogP contribution in [-0.4, -0.2) is 70.0 Å². The highest BCUT2D eigenvalue weighted by molar-refractivity contribution is 5.92. The lowest BCUT2D eigenvalue weighted by atomic mass is 10.2. The van der Waals surface area contributed by atoms with Crippen LogP contribution in [0.3, 0.4) is 0 Å². The Morgan fingerprint density at radius 2 is 1.96 bits per heavy atom. The zero-order valence-electron chi connectivity index (χ0n) is 14.6. The second-order valence-corrected chi connectivity index (χ2v) is 6.19. The molecular weight excluding hydrogens is 308 g/mol. The fraction of sp³-hybridized carbons (Fsp3) is 0.647. The van der Waals surface area contributed by atoms with E-state index in [9.17, 15) is 9.59 Å². The summed E-state index contributed by atoms with van der Waals surface area (Å²) in [5.74, 6) is -0.119. The molecule has 0 aliphatic carbocycles. The Morgan fingerprint density at radius 1 is 1.25 bits per heavy atom. The second-order valence-electron chi connectivity index (χ2n) is 6.19. The van der Waals surface area contributed by atoms with Crippen LogP contribution in [0.4, 0.5) is 0 Å². The van der Waals surface area contributed by atoms with Crippen LogP contribution in [0, 0.1) is 0 Å². The zero-order chi connectivity index (χ0) is 17.5. The molecule has 1 saturated heterocycles. The van der Waals surface area contributed by atoms with Gasteiger partial charge in [-0.15, -0.1) is 0 Å². The number of nitrogens with zero attached hydrogens (tertiary/aromatic N) is 4. The van der Waals surface area contributed by atoms with E-state index in [2.05, 4.69) is 9.97 Å². The quantitative estimate of drug-likeness (QED) is 0.785. The van der Waals surface area contributed by atoms with Crippen LogP contribution in [0.2, 0.25) is 0 Å². The summed E-state index contributed by atoms with van der Waals surface area (Å²) in [6, 6.07) is 0. The Balaban J connectivity index is 1.93. The molecule has 132 valence electrons. The molecule has 1 aromatic rings. The maximum absolute atomic E-state index is 12.5. The Bertz CT molecular complexity index is 542. The van der Waals surface area contributed by atoms with E-state index < -0.39 is 0 Å². The van der Waals surface area contributed by atoms with Gasteiger partial charge in [-0.3, -0.25) is 14.6 Å². The normalized spacial score (nSPS) is 20.7. The third-order valence-electron chi connectivity index (χ3n) is 3.93. The van der Waals surface area contributed by atoms with Crippen molar-refractivity contribution in [3.63, 3.8) is 0 Å². The van der Waals surface area contributed by atoms with Gasteiger partial charge >= 0.3 is 0 Å². The second kappa shape index (κ2) is 8.73. The van der Waals surface area contributed by atoms with Gasteiger partial charge in [0, 0.05) is 45.0 Å². The minimum Gasteiger partial charge on any atom is -0.372 e. The molecule has 0 aromatic carbocycles.